The van der Waals surface area contributed by atoms with E-state index in [0.29, 0.717) is 0 Å². The molecule has 23 heavy (non-hydrogen) atoms. The summed E-state index contributed by atoms with van der Waals surface area (Å²) >= 11 is 0. The SMILES string of the molecule is COC1(C)CN(c2ccn3ncc(-c4ccnc(C)c4)c3n2)C1. The molecule has 4 rings (SSSR count). The fourth-order valence-electron chi connectivity index (χ4n) is 3.00. The summed E-state index contributed by atoms with van der Waals surface area (Å²) in [6.45, 7) is 5.81. The van der Waals surface area contributed by atoms with Crippen LogP contribution < -0.4 is 4.90 Å². The van der Waals surface area contributed by atoms with Crippen molar-refractivity contribution >= 4 is 11.5 Å². The Labute approximate surface area is 134 Å². The Hall–Kier alpha value is -2.47. The normalized spacial score (nSPS) is 16.6. The van der Waals surface area contributed by atoms with Crippen LogP contribution in [0.1, 0.15) is 12.6 Å². The highest BCUT2D eigenvalue weighted by molar-refractivity contribution is 5.77. The standard InChI is InChI=1S/C17H19N5O/c1-12-8-13(4-6-18-12)14-9-19-22-7-5-15(20-16(14)22)21-10-17(2,11-21)23-3/h4-9H,10-11H2,1-3H3. The highest BCUT2D eigenvalue weighted by atomic mass is 16.5. The Morgan fingerprint density at radius 3 is 2.83 bits per heavy atom. The van der Waals surface area contributed by atoms with Crippen molar-refractivity contribution in [3.63, 3.8) is 0 Å². The van der Waals surface area contributed by atoms with Gasteiger partial charge in [-0.2, -0.15) is 5.10 Å². The first-order chi connectivity index (χ1) is 11.1. The fourth-order valence-corrected chi connectivity index (χ4v) is 3.00. The zero-order valence-corrected chi connectivity index (χ0v) is 13.5. The lowest BCUT2D eigenvalue weighted by Gasteiger charge is -2.47. The number of pyridine rings is 1. The lowest BCUT2D eigenvalue weighted by molar-refractivity contribution is -0.0171. The smallest absolute Gasteiger partial charge is 0.165 e. The number of ether oxygens (including phenoxy) is 1. The number of anilines is 1. The van der Waals surface area contributed by atoms with E-state index in [1.807, 2.05) is 42.2 Å². The molecule has 118 valence electrons. The van der Waals surface area contributed by atoms with Gasteiger partial charge in [-0.15, -0.1) is 0 Å². The maximum atomic E-state index is 5.51. The molecular formula is C17H19N5O. The average molecular weight is 309 g/mol. The van der Waals surface area contributed by atoms with Gasteiger partial charge in [0.1, 0.15) is 5.82 Å². The van der Waals surface area contributed by atoms with Crippen LogP contribution in [0.2, 0.25) is 0 Å². The van der Waals surface area contributed by atoms with Gasteiger partial charge in [0.15, 0.2) is 5.65 Å². The molecule has 6 nitrogen and oxygen atoms in total. The highest BCUT2D eigenvalue weighted by Gasteiger charge is 2.39. The van der Waals surface area contributed by atoms with Crippen molar-refractivity contribution in [2.24, 2.45) is 0 Å². The van der Waals surface area contributed by atoms with Gasteiger partial charge in [-0.25, -0.2) is 9.50 Å². The summed E-state index contributed by atoms with van der Waals surface area (Å²) in [5, 5.41) is 4.40. The van der Waals surface area contributed by atoms with E-state index >= 15 is 0 Å². The second kappa shape index (κ2) is 5.03. The second-order valence-corrected chi connectivity index (χ2v) is 6.31. The third-order valence-electron chi connectivity index (χ3n) is 4.43. The molecule has 0 radical (unpaired) electrons. The summed E-state index contributed by atoms with van der Waals surface area (Å²) in [4.78, 5) is 11.3. The van der Waals surface area contributed by atoms with Crippen LogP contribution in [0.25, 0.3) is 16.8 Å². The molecule has 1 saturated heterocycles. The maximum absolute atomic E-state index is 5.51. The molecule has 4 heterocycles. The Balaban J connectivity index is 1.73. The highest BCUT2D eigenvalue weighted by Crippen LogP contribution is 2.30. The molecule has 3 aromatic heterocycles. The van der Waals surface area contributed by atoms with E-state index in [4.69, 9.17) is 9.72 Å². The van der Waals surface area contributed by atoms with Crippen LogP contribution in [0.4, 0.5) is 5.82 Å². The number of aryl methyl sites for hydroxylation is 1. The average Bonchev–Trinajstić information content (AvgIpc) is 2.95. The molecule has 3 aromatic rings. The first kappa shape index (κ1) is 14.1. The monoisotopic (exact) mass is 309 g/mol. The Bertz CT molecular complexity index is 866. The minimum atomic E-state index is -0.0703. The van der Waals surface area contributed by atoms with Crippen molar-refractivity contribution in [3.05, 3.63) is 42.5 Å². The molecule has 1 fully saturated rings. The van der Waals surface area contributed by atoms with Crippen LogP contribution in [-0.4, -0.2) is 45.4 Å². The largest absolute Gasteiger partial charge is 0.375 e. The number of aromatic nitrogens is 4. The molecule has 6 heteroatoms. The van der Waals surface area contributed by atoms with Gasteiger partial charge in [0, 0.05) is 43.9 Å². The van der Waals surface area contributed by atoms with Gasteiger partial charge in [0.05, 0.1) is 11.8 Å². The van der Waals surface area contributed by atoms with Crippen molar-refractivity contribution in [1.29, 1.82) is 0 Å². The van der Waals surface area contributed by atoms with Crippen LogP contribution in [0.15, 0.2) is 36.8 Å². The third kappa shape index (κ3) is 2.35. The first-order valence-electron chi connectivity index (χ1n) is 7.65. The van der Waals surface area contributed by atoms with E-state index in [1.54, 1.807) is 7.11 Å². The zero-order valence-electron chi connectivity index (χ0n) is 13.5. The number of fused-ring (bicyclic) bond motifs is 1. The molecule has 1 aliphatic rings. The topological polar surface area (TPSA) is 55.6 Å². The maximum Gasteiger partial charge on any atom is 0.165 e. The van der Waals surface area contributed by atoms with E-state index in [0.717, 1.165) is 41.4 Å². The van der Waals surface area contributed by atoms with Gasteiger partial charge in [-0.1, -0.05) is 0 Å². The quantitative estimate of drug-likeness (QED) is 0.743. The second-order valence-electron chi connectivity index (χ2n) is 6.31. The Kier molecular flexibility index (Phi) is 3.09. The van der Waals surface area contributed by atoms with E-state index in [-0.39, 0.29) is 5.60 Å². The van der Waals surface area contributed by atoms with E-state index < -0.39 is 0 Å². The predicted octanol–water partition coefficient (Wildman–Crippen LogP) is 2.32. The predicted molar refractivity (Wildman–Crippen MR) is 88.6 cm³/mol. The van der Waals surface area contributed by atoms with Crippen LogP contribution in [0.3, 0.4) is 0 Å². The molecule has 0 N–H and O–H groups in total. The van der Waals surface area contributed by atoms with Crippen molar-refractivity contribution in [2.45, 2.75) is 19.4 Å². The number of hydrogen-bond acceptors (Lipinski definition) is 5. The first-order valence-corrected chi connectivity index (χ1v) is 7.65. The van der Waals surface area contributed by atoms with E-state index in [2.05, 4.69) is 28.0 Å². The van der Waals surface area contributed by atoms with Gasteiger partial charge in [0.25, 0.3) is 0 Å². The molecule has 0 spiro atoms. The summed E-state index contributed by atoms with van der Waals surface area (Å²) in [5.74, 6) is 0.958. The molecule has 0 amide bonds. The fraction of sp³-hybridized carbons (Fsp3) is 0.353. The van der Waals surface area contributed by atoms with E-state index in [9.17, 15) is 0 Å². The van der Waals surface area contributed by atoms with Gasteiger partial charge in [-0.3, -0.25) is 4.98 Å². The number of nitrogens with zero attached hydrogens (tertiary/aromatic N) is 5. The molecular weight excluding hydrogens is 290 g/mol. The van der Waals surface area contributed by atoms with Gasteiger partial charge >= 0.3 is 0 Å². The number of rotatable bonds is 3. The van der Waals surface area contributed by atoms with Gasteiger partial charge in [0.2, 0.25) is 0 Å². The summed E-state index contributed by atoms with van der Waals surface area (Å²) in [6, 6.07) is 6.04. The minimum absolute atomic E-state index is 0.0703. The van der Waals surface area contributed by atoms with Crippen LogP contribution >= 0.6 is 0 Å². The number of methoxy groups -OCH3 is 1. The molecule has 0 unspecified atom stereocenters. The lowest BCUT2D eigenvalue weighted by atomic mass is 9.97. The van der Waals surface area contributed by atoms with Crippen LogP contribution in [0, 0.1) is 6.92 Å². The van der Waals surface area contributed by atoms with Crippen molar-refractivity contribution in [3.8, 4) is 11.1 Å². The minimum Gasteiger partial charge on any atom is -0.375 e. The molecule has 0 atom stereocenters. The van der Waals surface area contributed by atoms with Gasteiger partial charge < -0.3 is 9.64 Å². The summed E-state index contributed by atoms with van der Waals surface area (Å²) < 4.78 is 7.32. The van der Waals surface area contributed by atoms with Crippen molar-refractivity contribution in [2.75, 3.05) is 25.1 Å². The van der Waals surface area contributed by atoms with Crippen LogP contribution in [-0.2, 0) is 4.74 Å². The molecule has 0 aliphatic carbocycles. The van der Waals surface area contributed by atoms with Crippen molar-refractivity contribution in [1.82, 2.24) is 19.6 Å². The van der Waals surface area contributed by atoms with Crippen LogP contribution in [0.5, 0.6) is 0 Å². The third-order valence-corrected chi connectivity index (χ3v) is 4.43. The summed E-state index contributed by atoms with van der Waals surface area (Å²) in [7, 11) is 1.76. The van der Waals surface area contributed by atoms with E-state index in [1.165, 1.54) is 0 Å². The zero-order chi connectivity index (χ0) is 16.0. The van der Waals surface area contributed by atoms with Crippen molar-refractivity contribution < 1.29 is 4.74 Å². The Morgan fingerprint density at radius 2 is 2.09 bits per heavy atom. The Morgan fingerprint density at radius 1 is 1.26 bits per heavy atom. The molecule has 0 aromatic carbocycles. The van der Waals surface area contributed by atoms with Gasteiger partial charge in [-0.05, 0) is 37.6 Å². The molecule has 0 saturated carbocycles. The summed E-state index contributed by atoms with van der Waals surface area (Å²) in [5.41, 5.74) is 3.88. The molecule has 0 bridgehead atoms. The lowest BCUT2D eigenvalue weighted by Crippen LogP contribution is -2.61. The molecule has 1 aliphatic heterocycles. The summed E-state index contributed by atoms with van der Waals surface area (Å²) in [6.07, 6.45) is 5.63. The number of hydrogen-bond donors (Lipinski definition) is 0.